The van der Waals surface area contributed by atoms with Gasteiger partial charge in [0.25, 0.3) is 0 Å². The highest BCUT2D eigenvalue weighted by atomic mass is 16.5. The van der Waals surface area contributed by atoms with Crippen molar-refractivity contribution < 1.29 is 23.7 Å². The molecule has 0 bridgehead atoms. The molecular weight excluding hydrogens is 382 g/mol. The first-order valence-electron chi connectivity index (χ1n) is 10.5. The first-order chi connectivity index (χ1) is 14.7. The van der Waals surface area contributed by atoms with Crippen molar-refractivity contribution >= 4 is 5.91 Å². The normalized spacial score (nSPS) is 15.6. The molecule has 3 rings (SSSR count). The number of aryl methyl sites for hydroxylation is 1. The monoisotopic (exact) mass is 413 g/mol. The quantitative estimate of drug-likeness (QED) is 0.563. The Kier molecular flexibility index (Phi) is 8.39. The highest BCUT2D eigenvalue weighted by Gasteiger charge is 2.17. The number of amides is 1. The maximum absolute atomic E-state index is 12.1. The molecule has 2 aromatic carbocycles. The lowest BCUT2D eigenvalue weighted by Crippen LogP contribution is -2.23. The van der Waals surface area contributed by atoms with Crippen molar-refractivity contribution in [2.24, 2.45) is 0 Å². The number of methoxy groups -OCH3 is 1. The maximum Gasteiger partial charge on any atom is 0.220 e. The van der Waals surface area contributed by atoms with Gasteiger partial charge in [-0.1, -0.05) is 24.3 Å². The molecule has 162 valence electrons. The van der Waals surface area contributed by atoms with Crippen LogP contribution in [0, 0.1) is 6.92 Å². The van der Waals surface area contributed by atoms with Crippen molar-refractivity contribution in [1.29, 1.82) is 0 Å². The lowest BCUT2D eigenvalue weighted by molar-refractivity contribution is -0.121. The van der Waals surface area contributed by atoms with Gasteiger partial charge in [0.15, 0.2) is 11.5 Å². The molecule has 2 aromatic rings. The van der Waals surface area contributed by atoms with E-state index in [1.54, 1.807) is 7.11 Å². The summed E-state index contributed by atoms with van der Waals surface area (Å²) < 4.78 is 22.6. The molecule has 1 unspecified atom stereocenters. The second-order valence-electron chi connectivity index (χ2n) is 7.43. The average Bonchev–Trinajstić information content (AvgIpc) is 3.29. The van der Waals surface area contributed by atoms with E-state index in [0.717, 1.165) is 36.3 Å². The predicted molar refractivity (Wildman–Crippen MR) is 115 cm³/mol. The number of rotatable bonds is 11. The number of hydrogen-bond donors (Lipinski definition) is 1. The van der Waals surface area contributed by atoms with Crippen LogP contribution in [0.5, 0.6) is 17.2 Å². The molecule has 6 heteroatoms. The summed E-state index contributed by atoms with van der Waals surface area (Å²) in [7, 11) is 1.62. The van der Waals surface area contributed by atoms with E-state index in [2.05, 4.69) is 5.32 Å². The number of benzene rings is 2. The predicted octanol–water partition coefficient (Wildman–Crippen LogP) is 4.04. The smallest absolute Gasteiger partial charge is 0.220 e. The van der Waals surface area contributed by atoms with Crippen LogP contribution < -0.4 is 19.5 Å². The molecule has 1 fully saturated rings. The highest BCUT2D eigenvalue weighted by Crippen LogP contribution is 2.29. The lowest BCUT2D eigenvalue weighted by atomic mass is 10.2. The van der Waals surface area contributed by atoms with Crippen LogP contribution in [-0.4, -0.2) is 38.9 Å². The van der Waals surface area contributed by atoms with Gasteiger partial charge in [0, 0.05) is 19.6 Å². The number of para-hydroxylation sites is 1. The number of ether oxygens (including phenoxy) is 4. The van der Waals surface area contributed by atoms with E-state index in [9.17, 15) is 4.79 Å². The van der Waals surface area contributed by atoms with E-state index in [4.69, 9.17) is 18.9 Å². The lowest BCUT2D eigenvalue weighted by Gasteiger charge is -2.15. The molecule has 0 spiro atoms. The molecule has 1 aliphatic rings. The molecule has 0 radical (unpaired) electrons. The number of carbonyl (C=O) groups is 1. The van der Waals surface area contributed by atoms with Crippen molar-refractivity contribution in [2.75, 3.05) is 26.9 Å². The molecule has 0 aliphatic carbocycles. The fourth-order valence-electron chi connectivity index (χ4n) is 3.32. The minimum atomic E-state index is 0.000981. The van der Waals surface area contributed by atoms with E-state index < -0.39 is 0 Å². The van der Waals surface area contributed by atoms with Gasteiger partial charge in [0.2, 0.25) is 5.91 Å². The van der Waals surface area contributed by atoms with Crippen LogP contribution in [0.25, 0.3) is 0 Å². The van der Waals surface area contributed by atoms with Crippen molar-refractivity contribution in [2.45, 2.75) is 45.3 Å². The highest BCUT2D eigenvalue weighted by molar-refractivity contribution is 5.75. The Morgan fingerprint density at radius 3 is 2.77 bits per heavy atom. The first-order valence-corrected chi connectivity index (χ1v) is 10.5. The zero-order chi connectivity index (χ0) is 21.2. The molecule has 1 atom stereocenters. The van der Waals surface area contributed by atoms with Gasteiger partial charge in [-0.2, -0.15) is 0 Å². The van der Waals surface area contributed by atoms with Crippen LogP contribution in [0.1, 0.15) is 36.8 Å². The Labute approximate surface area is 178 Å². The summed E-state index contributed by atoms with van der Waals surface area (Å²) in [5.74, 6) is 2.22. The van der Waals surface area contributed by atoms with E-state index in [1.165, 1.54) is 0 Å². The van der Waals surface area contributed by atoms with E-state index in [0.29, 0.717) is 44.1 Å². The van der Waals surface area contributed by atoms with Gasteiger partial charge in [-0.3, -0.25) is 4.79 Å². The summed E-state index contributed by atoms with van der Waals surface area (Å²) in [6, 6.07) is 13.6. The molecule has 1 heterocycles. The number of hydrogen-bond acceptors (Lipinski definition) is 5. The standard InChI is InChI=1S/C24H31NO5/c1-18-7-3-4-9-21(18)29-14-6-10-24(26)25-16-19-11-12-22(23(15-19)27-2)30-17-20-8-5-13-28-20/h3-4,7,9,11-12,15,20H,5-6,8,10,13-14,16-17H2,1-2H3,(H,25,26). The van der Waals surface area contributed by atoms with Crippen LogP contribution in [0.15, 0.2) is 42.5 Å². The van der Waals surface area contributed by atoms with Gasteiger partial charge in [-0.25, -0.2) is 0 Å². The van der Waals surface area contributed by atoms with Crippen LogP contribution in [-0.2, 0) is 16.1 Å². The maximum atomic E-state index is 12.1. The van der Waals surface area contributed by atoms with Crippen molar-refractivity contribution in [1.82, 2.24) is 5.32 Å². The summed E-state index contributed by atoms with van der Waals surface area (Å²) in [6.07, 6.45) is 3.36. The van der Waals surface area contributed by atoms with Gasteiger partial charge in [-0.15, -0.1) is 0 Å². The molecule has 6 nitrogen and oxygen atoms in total. The van der Waals surface area contributed by atoms with Crippen LogP contribution in [0.2, 0.25) is 0 Å². The zero-order valence-corrected chi connectivity index (χ0v) is 17.8. The summed E-state index contributed by atoms with van der Waals surface area (Å²) in [5, 5.41) is 2.95. The largest absolute Gasteiger partial charge is 0.493 e. The summed E-state index contributed by atoms with van der Waals surface area (Å²) in [4.78, 5) is 12.1. The van der Waals surface area contributed by atoms with E-state index in [1.807, 2.05) is 49.4 Å². The Bertz CT molecular complexity index is 817. The molecule has 30 heavy (non-hydrogen) atoms. The van der Waals surface area contributed by atoms with Gasteiger partial charge in [0.05, 0.1) is 19.8 Å². The van der Waals surface area contributed by atoms with Crippen molar-refractivity contribution in [3.05, 3.63) is 53.6 Å². The molecule has 0 aromatic heterocycles. The van der Waals surface area contributed by atoms with Gasteiger partial charge in [-0.05, 0) is 55.5 Å². The Balaban J connectivity index is 1.38. The van der Waals surface area contributed by atoms with E-state index >= 15 is 0 Å². The molecular formula is C24H31NO5. The summed E-state index contributed by atoms with van der Waals surface area (Å²) in [6.45, 7) is 4.30. The second kappa shape index (κ2) is 11.5. The van der Waals surface area contributed by atoms with Gasteiger partial charge >= 0.3 is 0 Å². The fraction of sp³-hybridized carbons (Fsp3) is 0.458. The second-order valence-corrected chi connectivity index (χ2v) is 7.43. The van der Waals surface area contributed by atoms with Crippen LogP contribution >= 0.6 is 0 Å². The number of nitrogens with one attached hydrogen (secondary N) is 1. The molecule has 1 amide bonds. The van der Waals surface area contributed by atoms with Crippen molar-refractivity contribution in [3.63, 3.8) is 0 Å². The topological polar surface area (TPSA) is 66.0 Å². The van der Waals surface area contributed by atoms with E-state index in [-0.39, 0.29) is 12.0 Å². The third-order valence-electron chi connectivity index (χ3n) is 5.07. The zero-order valence-electron chi connectivity index (χ0n) is 17.8. The minimum Gasteiger partial charge on any atom is -0.493 e. The third-order valence-corrected chi connectivity index (χ3v) is 5.07. The van der Waals surface area contributed by atoms with Crippen LogP contribution in [0.3, 0.4) is 0 Å². The fourth-order valence-corrected chi connectivity index (χ4v) is 3.32. The molecule has 1 aliphatic heterocycles. The minimum absolute atomic E-state index is 0.000981. The first kappa shape index (κ1) is 22.0. The van der Waals surface area contributed by atoms with Gasteiger partial charge < -0.3 is 24.3 Å². The average molecular weight is 414 g/mol. The summed E-state index contributed by atoms with van der Waals surface area (Å²) in [5.41, 5.74) is 2.06. The summed E-state index contributed by atoms with van der Waals surface area (Å²) >= 11 is 0. The molecule has 0 saturated carbocycles. The Hall–Kier alpha value is -2.73. The SMILES string of the molecule is COc1cc(CNC(=O)CCCOc2ccccc2C)ccc1OCC1CCCO1. The number of carbonyl (C=O) groups excluding carboxylic acids is 1. The Morgan fingerprint density at radius 2 is 2.00 bits per heavy atom. The Morgan fingerprint density at radius 1 is 1.13 bits per heavy atom. The molecule has 1 N–H and O–H groups in total. The third kappa shape index (κ3) is 6.66. The van der Waals surface area contributed by atoms with Crippen LogP contribution in [0.4, 0.5) is 0 Å². The van der Waals surface area contributed by atoms with Crippen molar-refractivity contribution in [3.8, 4) is 17.2 Å². The van der Waals surface area contributed by atoms with Gasteiger partial charge in [0.1, 0.15) is 12.4 Å². The molecule has 1 saturated heterocycles.